The lowest BCUT2D eigenvalue weighted by atomic mass is 10.1. The third kappa shape index (κ3) is 3.88. The maximum atomic E-state index is 6.35. The minimum atomic E-state index is -1.20. The van der Waals surface area contributed by atoms with Crippen LogP contribution in [0.5, 0.6) is 5.75 Å². The first-order valence-corrected chi connectivity index (χ1v) is 17.4. The van der Waals surface area contributed by atoms with E-state index in [-0.39, 0.29) is 11.6 Å². The van der Waals surface area contributed by atoms with Gasteiger partial charge in [0.05, 0.1) is 24.5 Å². The van der Waals surface area contributed by atoms with E-state index in [0.29, 0.717) is 6.73 Å². The first-order chi connectivity index (χ1) is 18.8. The predicted molar refractivity (Wildman–Crippen MR) is 162 cm³/mol. The Balaban J connectivity index is 1.37. The molecule has 3 aliphatic rings. The molecule has 1 spiro atoms. The van der Waals surface area contributed by atoms with Crippen LogP contribution in [0.1, 0.15) is 12.0 Å². The van der Waals surface area contributed by atoms with Crippen molar-refractivity contribution in [3.63, 3.8) is 0 Å². The van der Waals surface area contributed by atoms with Crippen LogP contribution in [-0.2, 0) is 18.5 Å². The molecule has 2 atom stereocenters. The lowest BCUT2D eigenvalue weighted by Gasteiger charge is -2.31. The number of methoxy groups -OCH3 is 1. The Morgan fingerprint density at radius 2 is 1.90 bits per heavy atom. The Kier molecular flexibility index (Phi) is 5.44. The van der Waals surface area contributed by atoms with Crippen LogP contribution >= 0.6 is 0 Å². The molecule has 8 heteroatoms. The third-order valence-corrected chi connectivity index (χ3v) is 9.97. The van der Waals surface area contributed by atoms with Crippen molar-refractivity contribution in [1.29, 1.82) is 0 Å². The van der Waals surface area contributed by atoms with Crippen LogP contribution in [0.25, 0.3) is 22.2 Å². The van der Waals surface area contributed by atoms with Gasteiger partial charge in [0.15, 0.2) is 5.82 Å². The van der Waals surface area contributed by atoms with Crippen molar-refractivity contribution in [2.24, 2.45) is 17.0 Å². The molecule has 1 fully saturated rings. The molecule has 4 aromatic rings. The number of aryl methyl sites for hydroxylation is 1. The van der Waals surface area contributed by atoms with Gasteiger partial charge in [-0.2, -0.15) is 0 Å². The Hall–Kier alpha value is -3.62. The second kappa shape index (κ2) is 8.69. The van der Waals surface area contributed by atoms with Gasteiger partial charge in [0.25, 0.3) is 0 Å². The summed E-state index contributed by atoms with van der Waals surface area (Å²) in [6.45, 7) is 8.36. The number of aliphatic imine (C=N–C) groups is 2. The number of nitrogens with zero attached hydrogens (tertiary/aromatic N) is 5. The van der Waals surface area contributed by atoms with Crippen molar-refractivity contribution >= 4 is 42.5 Å². The van der Waals surface area contributed by atoms with E-state index in [1.165, 1.54) is 0 Å². The monoisotopic (exact) mass is 537 g/mol. The van der Waals surface area contributed by atoms with Crippen LogP contribution in [0.4, 0.5) is 11.5 Å². The van der Waals surface area contributed by atoms with Crippen LogP contribution in [0, 0.1) is 0 Å². The maximum Gasteiger partial charge on any atom is 0.158 e. The van der Waals surface area contributed by atoms with Gasteiger partial charge in [0.2, 0.25) is 0 Å². The van der Waals surface area contributed by atoms with Gasteiger partial charge in [0, 0.05) is 62.6 Å². The molecule has 2 unspecified atom stereocenters. The number of aromatic nitrogens is 2. The highest BCUT2D eigenvalue weighted by molar-refractivity contribution is 6.76. The average Bonchev–Trinajstić information content (AvgIpc) is 3.19. The van der Waals surface area contributed by atoms with Crippen molar-refractivity contribution < 1.29 is 9.47 Å². The number of amidine groups is 1. The summed E-state index contributed by atoms with van der Waals surface area (Å²) >= 11 is 0. The molecule has 2 aliphatic heterocycles. The summed E-state index contributed by atoms with van der Waals surface area (Å²) in [5, 5.41) is 1.15. The van der Waals surface area contributed by atoms with Gasteiger partial charge in [-0.05, 0) is 30.3 Å². The van der Waals surface area contributed by atoms with Gasteiger partial charge < -0.3 is 18.9 Å². The fourth-order valence-corrected chi connectivity index (χ4v) is 6.72. The molecule has 0 radical (unpaired) electrons. The van der Waals surface area contributed by atoms with Crippen molar-refractivity contribution in [1.82, 2.24) is 9.13 Å². The molecule has 39 heavy (non-hydrogen) atoms. The Morgan fingerprint density at radius 3 is 2.67 bits per heavy atom. The van der Waals surface area contributed by atoms with E-state index in [4.69, 9.17) is 19.5 Å². The molecule has 7 rings (SSSR count). The molecule has 4 heterocycles. The van der Waals surface area contributed by atoms with E-state index in [1.54, 1.807) is 7.11 Å². The number of fused-ring (bicyclic) bond motifs is 3. The SMILES string of the molecule is COc1ccc2c(c1)c(-c1cc3c(n1COCC[Si](C)(C)C)N=CC14CC1N=C(c1ccccc1)N34)cn2C. The predicted octanol–water partition coefficient (Wildman–Crippen LogP) is 6.46. The van der Waals surface area contributed by atoms with Gasteiger partial charge in [-0.15, -0.1) is 0 Å². The van der Waals surface area contributed by atoms with Crippen molar-refractivity contribution in [2.45, 2.75) is 50.4 Å². The van der Waals surface area contributed by atoms with Gasteiger partial charge >= 0.3 is 0 Å². The van der Waals surface area contributed by atoms with Crippen LogP contribution in [0.2, 0.25) is 25.7 Å². The van der Waals surface area contributed by atoms with Crippen LogP contribution in [0.15, 0.2) is 70.8 Å². The molecule has 1 saturated carbocycles. The van der Waals surface area contributed by atoms with Gasteiger partial charge in [-0.1, -0.05) is 50.0 Å². The summed E-state index contributed by atoms with van der Waals surface area (Å²) in [4.78, 5) is 12.7. The number of hydrogen-bond acceptors (Lipinski definition) is 5. The molecular weight excluding hydrogens is 502 g/mol. The summed E-state index contributed by atoms with van der Waals surface area (Å²) in [6.07, 6.45) is 5.35. The molecule has 0 N–H and O–H groups in total. The third-order valence-electron chi connectivity index (χ3n) is 8.27. The fraction of sp³-hybridized carbons (Fsp3) is 0.355. The average molecular weight is 538 g/mol. The summed E-state index contributed by atoms with van der Waals surface area (Å²) < 4.78 is 16.4. The van der Waals surface area contributed by atoms with Crippen LogP contribution in [0.3, 0.4) is 0 Å². The normalized spacial score (nSPS) is 21.1. The fourth-order valence-electron chi connectivity index (χ4n) is 5.96. The molecule has 2 aromatic carbocycles. The number of hydrogen-bond donors (Lipinski definition) is 0. The first-order valence-electron chi connectivity index (χ1n) is 13.7. The minimum Gasteiger partial charge on any atom is -0.497 e. The van der Waals surface area contributed by atoms with E-state index in [9.17, 15) is 0 Å². The van der Waals surface area contributed by atoms with Crippen LogP contribution in [-0.4, -0.2) is 54.6 Å². The lowest BCUT2D eigenvalue weighted by Crippen LogP contribution is -2.43. The number of rotatable bonds is 8. The zero-order valence-electron chi connectivity index (χ0n) is 23.3. The quantitative estimate of drug-likeness (QED) is 0.191. The molecule has 0 bridgehead atoms. The highest BCUT2D eigenvalue weighted by atomic mass is 28.3. The van der Waals surface area contributed by atoms with E-state index in [0.717, 1.165) is 69.9 Å². The molecule has 0 amide bonds. The maximum absolute atomic E-state index is 6.35. The molecule has 200 valence electrons. The minimum absolute atomic E-state index is 0.150. The number of benzene rings is 2. The Morgan fingerprint density at radius 1 is 1.08 bits per heavy atom. The summed E-state index contributed by atoms with van der Waals surface area (Å²) in [7, 11) is 2.61. The van der Waals surface area contributed by atoms with Crippen molar-refractivity contribution in [3.05, 3.63) is 66.4 Å². The smallest absolute Gasteiger partial charge is 0.158 e. The Labute approximate surface area is 230 Å². The van der Waals surface area contributed by atoms with E-state index < -0.39 is 8.07 Å². The van der Waals surface area contributed by atoms with Crippen molar-refractivity contribution in [3.8, 4) is 17.0 Å². The summed E-state index contributed by atoms with van der Waals surface area (Å²) in [6, 6.07) is 20.5. The van der Waals surface area contributed by atoms with Crippen LogP contribution < -0.4 is 9.64 Å². The summed E-state index contributed by atoms with van der Waals surface area (Å²) in [5.41, 5.74) is 5.49. The van der Waals surface area contributed by atoms with E-state index >= 15 is 0 Å². The standard InChI is InChI=1S/C31H35N5O2Si/c1-34-18-24(23-15-22(37-2)11-12-25(23)34)26-16-27-30(35(26)20-38-13-14-39(3,4)5)32-19-31-17-28(31)33-29(36(27)31)21-9-7-6-8-10-21/h6-12,15-16,18-19,28H,13-14,17,20H2,1-5H3. The second-order valence-electron chi connectivity index (χ2n) is 12.2. The largest absolute Gasteiger partial charge is 0.497 e. The van der Waals surface area contributed by atoms with E-state index in [2.05, 4.69) is 102 Å². The molecule has 7 nitrogen and oxygen atoms in total. The van der Waals surface area contributed by atoms with Gasteiger partial charge in [-0.3, -0.25) is 9.56 Å². The molecule has 0 saturated heterocycles. The highest BCUT2D eigenvalue weighted by Crippen LogP contribution is 2.56. The highest BCUT2D eigenvalue weighted by Gasteiger charge is 2.65. The van der Waals surface area contributed by atoms with Gasteiger partial charge in [-0.25, -0.2) is 4.99 Å². The van der Waals surface area contributed by atoms with Gasteiger partial charge in [0.1, 0.15) is 23.9 Å². The van der Waals surface area contributed by atoms with Crippen molar-refractivity contribution in [2.75, 3.05) is 18.6 Å². The topological polar surface area (TPSA) is 56.3 Å². The Bertz CT molecular complexity index is 1640. The lowest BCUT2D eigenvalue weighted by molar-refractivity contribution is 0.0896. The molecule has 1 aliphatic carbocycles. The summed E-state index contributed by atoms with van der Waals surface area (Å²) in [5.74, 6) is 2.81. The zero-order chi connectivity index (χ0) is 26.9. The number of anilines is 1. The second-order valence-corrected chi connectivity index (χ2v) is 17.8. The molecule has 2 aromatic heterocycles. The number of ether oxygens (including phenoxy) is 2. The zero-order valence-corrected chi connectivity index (χ0v) is 24.3. The first kappa shape index (κ1) is 24.4. The molecular formula is C31H35N5O2Si. The van der Waals surface area contributed by atoms with E-state index in [1.807, 2.05) is 6.07 Å².